The zero-order valence-electron chi connectivity index (χ0n) is 13.2. The average molecular weight is 354 g/mol. The van der Waals surface area contributed by atoms with Crippen LogP contribution in [-0.4, -0.2) is 28.6 Å². The molecule has 2 aromatic heterocycles. The molecule has 0 radical (unpaired) electrons. The van der Waals surface area contributed by atoms with Gasteiger partial charge >= 0.3 is 5.97 Å². The number of aromatic amines is 1. The minimum atomic E-state index is -0.972. The van der Waals surface area contributed by atoms with Crippen LogP contribution >= 0.6 is 22.9 Å². The van der Waals surface area contributed by atoms with Gasteiger partial charge in [-0.05, 0) is 45.4 Å². The second kappa shape index (κ2) is 6.68. The van der Waals surface area contributed by atoms with E-state index in [9.17, 15) is 14.4 Å². The van der Waals surface area contributed by atoms with Gasteiger partial charge in [-0.15, -0.1) is 11.3 Å². The molecule has 7 heteroatoms. The summed E-state index contributed by atoms with van der Waals surface area (Å²) in [4.78, 5) is 39.3. The molecule has 2 aromatic rings. The largest absolute Gasteiger partial charge is 0.450 e. The topological polar surface area (TPSA) is 76.2 Å². The molecule has 2 rings (SSSR count). The number of nitrogens with one attached hydrogen (secondary N) is 1. The van der Waals surface area contributed by atoms with E-state index in [1.165, 1.54) is 13.8 Å². The number of aromatic nitrogens is 1. The number of carbonyl (C=O) groups is 3. The molecule has 0 amide bonds. The van der Waals surface area contributed by atoms with E-state index >= 15 is 0 Å². The second-order valence-corrected chi connectivity index (χ2v) is 6.91. The highest BCUT2D eigenvalue weighted by molar-refractivity contribution is 7.17. The van der Waals surface area contributed by atoms with Crippen LogP contribution in [0.5, 0.6) is 0 Å². The predicted molar refractivity (Wildman–Crippen MR) is 88.8 cm³/mol. The number of halogens is 1. The smallest absolute Gasteiger partial charge is 0.349 e. The van der Waals surface area contributed by atoms with Crippen molar-refractivity contribution in [1.29, 1.82) is 0 Å². The van der Waals surface area contributed by atoms with Crippen LogP contribution in [0.2, 0.25) is 4.34 Å². The first-order valence-electron chi connectivity index (χ1n) is 6.93. The van der Waals surface area contributed by atoms with Gasteiger partial charge in [-0.1, -0.05) is 11.6 Å². The zero-order chi connectivity index (χ0) is 17.3. The Labute approximate surface area is 142 Å². The Balaban J connectivity index is 2.19. The van der Waals surface area contributed by atoms with Crippen molar-refractivity contribution in [3.05, 3.63) is 43.9 Å². The van der Waals surface area contributed by atoms with Gasteiger partial charge in [0, 0.05) is 11.3 Å². The molecule has 23 heavy (non-hydrogen) atoms. The third-order valence-electron chi connectivity index (χ3n) is 3.46. The number of hydrogen-bond donors (Lipinski definition) is 1. The molecule has 0 fully saturated rings. The summed E-state index contributed by atoms with van der Waals surface area (Å²) in [5.74, 6) is -1.10. The molecule has 0 aliphatic heterocycles. The summed E-state index contributed by atoms with van der Waals surface area (Å²) in [7, 11) is 0. The molecule has 2 heterocycles. The van der Waals surface area contributed by atoms with Crippen LogP contribution in [0.1, 0.15) is 55.6 Å². The summed E-state index contributed by atoms with van der Waals surface area (Å²) in [6, 6.07) is 3.14. The van der Waals surface area contributed by atoms with Crippen molar-refractivity contribution in [3.63, 3.8) is 0 Å². The van der Waals surface area contributed by atoms with Gasteiger partial charge in [0.25, 0.3) is 0 Å². The Kier molecular flexibility index (Phi) is 5.06. The molecule has 1 atom stereocenters. The molecule has 0 bridgehead atoms. The van der Waals surface area contributed by atoms with Crippen molar-refractivity contribution in [3.8, 4) is 0 Å². The maximum absolute atomic E-state index is 12.5. The number of aryl methyl sites for hydroxylation is 1. The molecule has 1 N–H and O–H groups in total. The standard InChI is InChI=1S/C16H16ClNO4S/c1-7-13(9(3)19)8(2)18-14(7)15(20)10(4)22-16(21)11-5-6-12(17)23-11/h5-6,10,18H,1-4H3/t10-/m0/s1. The van der Waals surface area contributed by atoms with E-state index < -0.39 is 12.1 Å². The van der Waals surface area contributed by atoms with Crippen LogP contribution in [0.3, 0.4) is 0 Å². The molecule has 0 spiro atoms. The number of thiophene rings is 1. The Morgan fingerprint density at radius 3 is 2.39 bits per heavy atom. The molecule has 0 aliphatic carbocycles. The lowest BCUT2D eigenvalue weighted by Crippen LogP contribution is -2.25. The van der Waals surface area contributed by atoms with E-state index in [2.05, 4.69) is 4.98 Å². The maximum atomic E-state index is 12.5. The molecule has 5 nitrogen and oxygen atoms in total. The summed E-state index contributed by atoms with van der Waals surface area (Å²) < 4.78 is 5.66. The van der Waals surface area contributed by atoms with Gasteiger partial charge in [-0.3, -0.25) is 9.59 Å². The van der Waals surface area contributed by atoms with Crippen LogP contribution in [0.15, 0.2) is 12.1 Å². The fraction of sp³-hybridized carbons (Fsp3) is 0.312. The van der Waals surface area contributed by atoms with Crippen molar-refractivity contribution in [2.45, 2.75) is 33.8 Å². The first-order chi connectivity index (χ1) is 10.7. The van der Waals surface area contributed by atoms with Crippen molar-refractivity contribution in [2.75, 3.05) is 0 Å². The number of ketones is 2. The fourth-order valence-electron chi connectivity index (χ4n) is 2.42. The van der Waals surface area contributed by atoms with Crippen molar-refractivity contribution in [2.24, 2.45) is 0 Å². The van der Waals surface area contributed by atoms with Crippen molar-refractivity contribution < 1.29 is 19.1 Å². The van der Waals surface area contributed by atoms with Gasteiger partial charge in [-0.2, -0.15) is 0 Å². The number of hydrogen-bond acceptors (Lipinski definition) is 5. The average Bonchev–Trinajstić information content (AvgIpc) is 3.01. The Hall–Kier alpha value is -1.92. The quantitative estimate of drug-likeness (QED) is 0.651. The molecule has 0 unspecified atom stereocenters. The third kappa shape index (κ3) is 3.54. The van der Waals surface area contributed by atoms with E-state index in [4.69, 9.17) is 16.3 Å². The number of Topliss-reactive ketones (excluding diaryl/α,β-unsaturated/α-hetero) is 2. The van der Waals surface area contributed by atoms with E-state index in [0.717, 1.165) is 11.3 Å². The highest BCUT2D eigenvalue weighted by Crippen LogP contribution is 2.24. The first kappa shape index (κ1) is 17.4. The zero-order valence-corrected chi connectivity index (χ0v) is 14.7. The van der Waals surface area contributed by atoms with Gasteiger partial charge < -0.3 is 9.72 Å². The minimum Gasteiger partial charge on any atom is -0.450 e. The van der Waals surface area contributed by atoms with Gasteiger partial charge in [0.15, 0.2) is 11.9 Å². The maximum Gasteiger partial charge on any atom is 0.349 e. The third-order valence-corrected chi connectivity index (χ3v) is 4.67. The Bertz CT molecular complexity index is 790. The molecule has 0 saturated carbocycles. The van der Waals surface area contributed by atoms with Crippen LogP contribution in [-0.2, 0) is 4.74 Å². The highest BCUT2D eigenvalue weighted by Gasteiger charge is 2.26. The normalized spacial score (nSPS) is 12.0. The summed E-state index contributed by atoms with van der Waals surface area (Å²) in [6.07, 6.45) is -0.972. The molecule has 0 saturated heterocycles. The fourth-order valence-corrected chi connectivity index (χ4v) is 3.35. The first-order valence-corrected chi connectivity index (χ1v) is 8.12. The summed E-state index contributed by atoms with van der Waals surface area (Å²) in [5, 5.41) is 0. The SMILES string of the molecule is CC(=O)c1c(C)[nH]c(C(=O)[C@H](C)OC(=O)c2ccc(Cl)s2)c1C. The van der Waals surface area contributed by atoms with Crippen LogP contribution in [0, 0.1) is 13.8 Å². The number of rotatable bonds is 5. The lowest BCUT2D eigenvalue weighted by Gasteiger charge is -2.11. The van der Waals surface area contributed by atoms with Crippen LogP contribution in [0.4, 0.5) is 0 Å². The molecule has 0 aliphatic rings. The number of ether oxygens (including phenoxy) is 1. The Morgan fingerprint density at radius 1 is 1.26 bits per heavy atom. The van der Waals surface area contributed by atoms with Crippen LogP contribution in [0.25, 0.3) is 0 Å². The van der Waals surface area contributed by atoms with Crippen molar-refractivity contribution in [1.82, 2.24) is 4.98 Å². The van der Waals surface area contributed by atoms with E-state index in [1.54, 1.807) is 26.0 Å². The predicted octanol–water partition coefficient (Wildman–Crippen LogP) is 3.98. The monoisotopic (exact) mass is 353 g/mol. The minimum absolute atomic E-state index is 0.117. The van der Waals surface area contributed by atoms with Crippen LogP contribution < -0.4 is 0 Å². The molecular weight excluding hydrogens is 338 g/mol. The van der Waals surface area contributed by atoms with Gasteiger partial charge in [0.2, 0.25) is 5.78 Å². The molecular formula is C16H16ClNO4S. The van der Waals surface area contributed by atoms with Gasteiger partial charge in [0.05, 0.1) is 10.0 Å². The highest BCUT2D eigenvalue weighted by atomic mass is 35.5. The Morgan fingerprint density at radius 2 is 1.91 bits per heavy atom. The van der Waals surface area contributed by atoms with Gasteiger partial charge in [-0.25, -0.2) is 4.79 Å². The van der Waals surface area contributed by atoms with E-state index in [-0.39, 0.29) is 17.3 Å². The molecule has 0 aromatic carbocycles. The lowest BCUT2D eigenvalue weighted by molar-refractivity contribution is 0.0321. The number of esters is 1. The summed E-state index contributed by atoms with van der Waals surface area (Å²) >= 11 is 6.86. The number of carbonyl (C=O) groups excluding carboxylic acids is 3. The summed E-state index contributed by atoms with van der Waals surface area (Å²) in [6.45, 7) is 6.37. The number of H-pyrrole nitrogens is 1. The second-order valence-electron chi connectivity index (χ2n) is 5.20. The summed E-state index contributed by atoms with van der Waals surface area (Å²) in [5.41, 5.74) is 1.98. The lowest BCUT2D eigenvalue weighted by atomic mass is 10.0. The van der Waals surface area contributed by atoms with Crippen molar-refractivity contribution >= 4 is 40.5 Å². The molecule has 122 valence electrons. The van der Waals surface area contributed by atoms with E-state index in [0.29, 0.717) is 26.0 Å². The van der Waals surface area contributed by atoms with Gasteiger partial charge in [0.1, 0.15) is 4.88 Å². The van der Waals surface area contributed by atoms with E-state index in [1.807, 2.05) is 0 Å².